The molecule has 0 bridgehead atoms. The molecule has 0 aliphatic heterocycles. The molecule has 4 nitrogen and oxygen atoms in total. The van der Waals surface area contributed by atoms with Gasteiger partial charge in [0.2, 0.25) is 0 Å². The number of hydrogen-bond donors (Lipinski definition) is 2. The number of nitrogens with zero attached hydrogens (tertiary/aromatic N) is 2. The van der Waals surface area contributed by atoms with E-state index >= 15 is 0 Å². The Kier molecular flexibility index (Phi) is 7.11. The molecule has 1 heterocycles. The second-order valence-corrected chi connectivity index (χ2v) is 13.2. The summed E-state index contributed by atoms with van der Waals surface area (Å²) < 4.78 is 2.55. The van der Waals surface area contributed by atoms with Crippen LogP contribution in [0.5, 0.6) is 0 Å². The smallest absolute Gasteiger partial charge is 0.109 e. The third-order valence-electron chi connectivity index (χ3n) is 9.15. The normalized spacial score (nSPS) is 13.3. The number of benzene rings is 7. The van der Waals surface area contributed by atoms with Crippen molar-refractivity contribution in [3.8, 4) is 11.1 Å². The highest BCUT2D eigenvalue weighted by Gasteiger charge is 2.21. The Morgan fingerprint density at radius 1 is 0.531 bits per heavy atom. The van der Waals surface area contributed by atoms with Gasteiger partial charge in [0.25, 0.3) is 0 Å². The molecule has 2 N–H and O–H groups in total. The van der Waals surface area contributed by atoms with Crippen LogP contribution in [0.25, 0.3) is 48.1 Å². The van der Waals surface area contributed by atoms with E-state index in [9.17, 15) is 0 Å². The van der Waals surface area contributed by atoms with Gasteiger partial charge in [0.15, 0.2) is 0 Å². The van der Waals surface area contributed by atoms with Gasteiger partial charge in [-0.2, -0.15) is 5.10 Å². The Bertz CT molecular complexity index is 2580. The van der Waals surface area contributed by atoms with Gasteiger partial charge in [0, 0.05) is 42.8 Å². The molecule has 7 aromatic carbocycles. The van der Waals surface area contributed by atoms with E-state index in [0.29, 0.717) is 11.4 Å². The van der Waals surface area contributed by atoms with E-state index in [0.717, 1.165) is 44.6 Å². The molecule has 0 fully saturated rings. The number of allylic oxidation sites excluding steroid dienone is 1. The van der Waals surface area contributed by atoms with Crippen LogP contribution in [0.2, 0.25) is 0 Å². The summed E-state index contributed by atoms with van der Waals surface area (Å²) in [4.78, 5) is 2.33. The fraction of sp³-hybridized carbons (Fsp3) is 0. The van der Waals surface area contributed by atoms with Crippen molar-refractivity contribution in [1.82, 2.24) is 0 Å². The van der Waals surface area contributed by atoms with E-state index in [1.165, 1.54) is 31.3 Å². The SMILES string of the molecule is N=C1/C(=N\Nc2ccccc2)C=Cc2ccc3cc(N(c4ccc(-c5ccccc5)cc4)c4ccc5c(c4)sc4ccccc45)ccc3c21. The van der Waals surface area contributed by atoms with Gasteiger partial charge >= 0.3 is 0 Å². The van der Waals surface area contributed by atoms with Gasteiger partial charge in [-0.25, -0.2) is 0 Å². The van der Waals surface area contributed by atoms with E-state index < -0.39 is 0 Å². The minimum atomic E-state index is 0.405. The largest absolute Gasteiger partial charge is 0.310 e. The molecule has 232 valence electrons. The molecule has 0 saturated heterocycles. The molecule has 1 aliphatic rings. The summed E-state index contributed by atoms with van der Waals surface area (Å²) in [5, 5.41) is 18.4. The van der Waals surface area contributed by atoms with Crippen LogP contribution in [-0.4, -0.2) is 11.4 Å². The number of nitrogens with one attached hydrogen (secondary N) is 2. The number of para-hydroxylation sites is 1. The van der Waals surface area contributed by atoms with Crippen LogP contribution >= 0.6 is 11.3 Å². The number of thiophene rings is 1. The maximum Gasteiger partial charge on any atom is 0.109 e. The van der Waals surface area contributed by atoms with Crippen LogP contribution < -0.4 is 10.3 Å². The van der Waals surface area contributed by atoms with Gasteiger partial charge in [0.1, 0.15) is 5.71 Å². The molecular weight excluding hydrogens is 617 g/mol. The van der Waals surface area contributed by atoms with Crippen LogP contribution in [-0.2, 0) is 0 Å². The molecule has 0 spiro atoms. The average Bonchev–Trinajstić information content (AvgIpc) is 3.53. The second-order valence-electron chi connectivity index (χ2n) is 12.1. The highest BCUT2D eigenvalue weighted by Crippen LogP contribution is 2.42. The van der Waals surface area contributed by atoms with E-state index in [-0.39, 0.29) is 0 Å². The Morgan fingerprint density at radius 2 is 1.18 bits per heavy atom. The minimum Gasteiger partial charge on any atom is -0.310 e. The maximum atomic E-state index is 9.17. The lowest BCUT2D eigenvalue weighted by atomic mass is 9.89. The van der Waals surface area contributed by atoms with Gasteiger partial charge in [-0.15, -0.1) is 11.3 Å². The molecule has 9 rings (SSSR count). The van der Waals surface area contributed by atoms with Crippen molar-refractivity contribution in [2.45, 2.75) is 0 Å². The summed E-state index contributed by atoms with van der Waals surface area (Å²) >= 11 is 1.83. The zero-order valence-electron chi connectivity index (χ0n) is 26.5. The summed E-state index contributed by atoms with van der Waals surface area (Å²) in [5.41, 5.74) is 12.5. The van der Waals surface area contributed by atoms with Crippen LogP contribution in [0.1, 0.15) is 11.1 Å². The number of hydrazone groups is 1. The Morgan fingerprint density at radius 3 is 2.00 bits per heavy atom. The van der Waals surface area contributed by atoms with Crippen LogP contribution in [0.15, 0.2) is 169 Å². The van der Waals surface area contributed by atoms with Crippen molar-refractivity contribution in [2.24, 2.45) is 5.10 Å². The number of hydrogen-bond acceptors (Lipinski definition) is 5. The Labute approximate surface area is 288 Å². The number of anilines is 4. The minimum absolute atomic E-state index is 0.405. The lowest BCUT2D eigenvalue weighted by Gasteiger charge is -2.26. The van der Waals surface area contributed by atoms with Crippen molar-refractivity contribution < 1.29 is 0 Å². The molecule has 1 aromatic heterocycles. The lowest BCUT2D eigenvalue weighted by Crippen LogP contribution is -2.19. The maximum absolute atomic E-state index is 9.17. The molecule has 0 radical (unpaired) electrons. The second kappa shape index (κ2) is 12.1. The first-order valence-electron chi connectivity index (χ1n) is 16.3. The first kappa shape index (κ1) is 28.9. The fourth-order valence-corrected chi connectivity index (χ4v) is 7.88. The molecule has 5 heteroatoms. The zero-order valence-corrected chi connectivity index (χ0v) is 27.3. The van der Waals surface area contributed by atoms with Crippen molar-refractivity contribution in [3.05, 3.63) is 175 Å². The van der Waals surface area contributed by atoms with Gasteiger partial charge in [-0.05, 0) is 88.1 Å². The molecule has 49 heavy (non-hydrogen) atoms. The first-order chi connectivity index (χ1) is 24.2. The van der Waals surface area contributed by atoms with Crippen LogP contribution in [0.3, 0.4) is 0 Å². The highest BCUT2D eigenvalue weighted by molar-refractivity contribution is 7.25. The summed E-state index contributed by atoms with van der Waals surface area (Å²) in [6.45, 7) is 0. The highest BCUT2D eigenvalue weighted by atomic mass is 32.1. The van der Waals surface area contributed by atoms with Gasteiger partial charge < -0.3 is 4.90 Å². The van der Waals surface area contributed by atoms with Gasteiger partial charge in [-0.1, -0.05) is 109 Å². The number of fused-ring (bicyclic) bond motifs is 6. The van der Waals surface area contributed by atoms with Crippen molar-refractivity contribution in [2.75, 3.05) is 10.3 Å². The van der Waals surface area contributed by atoms with E-state index in [4.69, 9.17) is 5.41 Å². The predicted molar refractivity (Wildman–Crippen MR) is 210 cm³/mol. The van der Waals surface area contributed by atoms with Crippen molar-refractivity contribution in [3.63, 3.8) is 0 Å². The first-order valence-corrected chi connectivity index (χ1v) is 17.1. The quantitative estimate of drug-likeness (QED) is 0.177. The molecule has 0 atom stereocenters. The summed E-state index contributed by atoms with van der Waals surface area (Å²) in [6.07, 6.45) is 3.96. The molecule has 1 aliphatic carbocycles. The van der Waals surface area contributed by atoms with Crippen molar-refractivity contribution >= 4 is 82.5 Å². The zero-order chi connectivity index (χ0) is 32.7. The Hall–Kier alpha value is -6.30. The molecule has 0 amide bonds. The van der Waals surface area contributed by atoms with Crippen LogP contribution in [0.4, 0.5) is 22.7 Å². The molecule has 0 unspecified atom stereocenters. The van der Waals surface area contributed by atoms with Gasteiger partial charge in [-0.3, -0.25) is 10.8 Å². The summed E-state index contributed by atoms with van der Waals surface area (Å²) in [7, 11) is 0. The van der Waals surface area contributed by atoms with Crippen molar-refractivity contribution in [1.29, 1.82) is 5.41 Å². The average molecular weight is 647 g/mol. The summed E-state index contributed by atoms with van der Waals surface area (Å²) in [6, 6.07) is 55.4. The third-order valence-corrected chi connectivity index (χ3v) is 10.3. The topological polar surface area (TPSA) is 51.5 Å². The Balaban J connectivity index is 1.14. The van der Waals surface area contributed by atoms with E-state index in [1.807, 2.05) is 59.9 Å². The molecule has 8 aromatic rings. The number of rotatable bonds is 6. The molecule has 0 saturated carbocycles. The fourth-order valence-electron chi connectivity index (χ4n) is 6.74. The summed E-state index contributed by atoms with van der Waals surface area (Å²) in [5.74, 6) is 0. The van der Waals surface area contributed by atoms with E-state index in [1.54, 1.807) is 0 Å². The van der Waals surface area contributed by atoms with Gasteiger partial charge in [0.05, 0.1) is 11.4 Å². The monoisotopic (exact) mass is 646 g/mol. The third kappa shape index (κ3) is 5.27. The van der Waals surface area contributed by atoms with Crippen LogP contribution in [0, 0.1) is 5.41 Å². The molecular formula is C44H30N4S. The van der Waals surface area contributed by atoms with E-state index in [2.05, 4.69) is 137 Å². The predicted octanol–water partition coefficient (Wildman–Crippen LogP) is 12.2. The lowest BCUT2D eigenvalue weighted by molar-refractivity contribution is 1.29. The standard InChI is InChI=1S/C44H30N4S/c45-44-40(47-46-33-11-5-2-6-12-33)26-19-31-15-16-32-27-35(22-24-37(32)43(31)44)48(34-20-17-30(18-21-34)29-9-3-1-4-10-29)36-23-25-39-38-13-7-8-14-41(38)49-42(39)28-36/h1-28,45-46H/b45-44?,47-40-.